The fourth-order valence-corrected chi connectivity index (χ4v) is 3.42. The summed E-state index contributed by atoms with van der Waals surface area (Å²) in [5, 5.41) is 2.45. The van der Waals surface area contributed by atoms with E-state index < -0.39 is 42.1 Å². The van der Waals surface area contributed by atoms with Crippen molar-refractivity contribution in [1.29, 1.82) is 0 Å². The van der Waals surface area contributed by atoms with E-state index in [0.29, 0.717) is 0 Å². The smallest absolute Gasteiger partial charge is 0.385 e. The van der Waals surface area contributed by atoms with E-state index in [1.54, 1.807) is 24.3 Å². The summed E-state index contributed by atoms with van der Waals surface area (Å²) in [5.74, 6) is -5.65. The van der Waals surface area contributed by atoms with Crippen LogP contribution in [0.2, 0.25) is 0 Å². The molecule has 0 aliphatic carbocycles. The summed E-state index contributed by atoms with van der Waals surface area (Å²) >= 11 is 0. The first kappa shape index (κ1) is 25.1. The lowest BCUT2D eigenvalue weighted by molar-refractivity contribution is -0.203. The van der Waals surface area contributed by atoms with Gasteiger partial charge in [0.05, 0.1) is 0 Å². The number of esters is 2. The van der Waals surface area contributed by atoms with Crippen molar-refractivity contribution in [2.45, 2.75) is 38.3 Å². The van der Waals surface area contributed by atoms with Crippen LogP contribution in [-0.2, 0) is 30.5 Å². The molecule has 11 heteroatoms. The molecule has 32 heavy (non-hydrogen) atoms. The maximum Gasteiger partial charge on any atom is 0.491 e. The Balaban J connectivity index is 2.27. The number of nitrogens with one attached hydrogen (secondary N) is 1. The largest absolute Gasteiger partial charge is 0.491 e. The molecule has 1 aliphatic rings. The van der Waals surface area contributed by atoms with Gasteiger partial charge in [0, 0.05) is 27.1 Å². The van der Waals surface area contributed by atoms with E-state index in [2.05, 4.69) is 16.6 Å². The minimum Gasteiger partial charge on any atom is -0.385 e. The summed E-state index contributed by atoms with van der Waals surface area (Å²) in [6.07, 6.45) is -5.25. The third-order valence-corrected chi connectivity index (χ3v) is 4.95. The second kappa shape index (κ2) is 10.4. The Morgan fingerprint density at radius 3 is 2.44 bits per heavy atom. The molecule has 8 nitrogen and oxygen atoms in total. The van der Waals surface area contributed by atoms with Crippen molar-refractivity contribution in [2.24, 2.45) is 5.92 Å². The quantitative estimate of drug-likeness (QED) is 0.381. The van der Waals surface area contributed by atoms with Crippen LogP contribution in [0.4, 0.5) is 13.2 Å². The summed E-state index contributed by atoms with van der Waals surface area (Å²) in [5.41, 5.74) is 0.807. The van der Waals surface area contributed by atoms with E-state index in [9.17, 15) is 32.3 Å². The first-order valence-electron chi connectivity index (χ1n) is 9.71. The van der Waals surface area contributed by atoms with E-state index in [-0.39, 0.29) is 25.4 Å². The van der Waals surface area contributed by atoms with Gasteiger partial charge in [-0.05, 0) is 17.9 Å². The SMILES string of the molecule is C=CC1CC(C(=O)OC(=O)C(F)(F)F)N(C(NC(C)=O)C(=O)N(C)Cc2ccccc2)C1. The first-order chi connectivity index (χ1) is 14.9. The van der Waals surface area contributed by atoms with Gasteiger partial charge >= 0.3 is 18.1 Å². The van der Waals surface area contributed by atoms with E-state index in [1.165, 1.54) is 29.8 Å². The van der Waals surface area contributed by atoms with Gasteiger partial charge in [-0.3, -0.25) is 14.5 Å². The summed E-state index contributed by atoms with van der Waals surface area (Å²) in [6.45, 7) is 5.02. The van der Waals surface area contributed by atoms with Gasteiger partial charge in [0.2, 0.25) is 5.91 Å². The van der Waals surface area contributed by atoms with Gasteiger partial charge in [0.15, 0.2) is 6.17 Å². The summed E-state index contributed by atoms with van der Waals surface area (Å²) in [6, 6.07) is 7.61. The molecular weight excluding hydrogens is 431 g/mol. The Labute approximate surface area is 183 Å². The molecule has 1 aromatic carbocycles. The van der Waals surface area contributed by atoms with Crippen molar-refractivity contribution >= 4 is 23.8 Å². The van der Waals surface area contributed by atoms with Crippen LogP contribution in [0.5, 0.6) is 0 Å². The Morgan fingerprint density at radius 1 is 1.28 bits per heavy atom. The molecule has 3 unspecified atom stereocenters. The summed E-state index contributed by atoms with van der Waals surface area (Å²) in [7, 11) is 1.49. The van der Waals surface area contributed by atoms with Crippen molar-refractivity contribution in [3.8, 4) is 0 Å². The van der Waals surface area contributed by atoms with Gasteiger partial charge in [0.25, 0.3) is 5.91 Å². The molecule has 0 saturated carbocycles. The summed E-state index contributed by atoms with van der Waals surface area (Å²) in [4.78, 5) is 51.0. The average Bonchev–Trinajstić information content (AvgIpc) is 3.15. The number of ether oxygens (including phenoxy) is 1. The number of alkyl halides is 3. The number of likely N-dealkylation sites (N-methyl/N-ethyl adjacent to an activating group) is 1. The Hall–Kier alpha value is -3.21. The molecule has 1 aliphatic heterocycles. The van der Waals surface area contributed by atoms with Crippen molar-refractivity contribution in [1.82, 2.24) is 15.1 Å². The van der Waals surface area contributed by atoms with Gasteiger partial charge in [-0.2, -0.15) is 13.2 Å². The predicted molar refractivity (Wildman–Crippen MR) is 106 cm³/mol. The first-order valence-corrected chi connectivity index (χ1v) is 9.71. The van der Waals surface area contributed by atoms with Crippen LogP contribution in [0.1, 0.15) is 18.9 Å². The zero-order valence-electron chi connectivity index (χ0n) is 17.6. The number of carbonyl (C=O) groups excluding carboxylic acids is 4. The van der Waals surface area contributed by atoms with E-state index in [0.717, 1.165) is 5.56 Å². The lowest BCUT2D eigenvalue weighted by Crippen LogP contribution is -2.59. The number of benzene rings is 1. The molecular formula is C21H24F3N3O5. The lowest BCUT2D eigenvalue weighted by atomic mass is 10.1. The Bertz CT molecular complexity index is 875. The molecule has 1 saturated heterocycles. The molecule has 0 aromatic heterocycles. The molecule has 1 N–H and O–H groups in total. The van der Waals surface area contributed by atoms with Crippen LogP contribution in [0.25, 0.3) is 0 Å². The van der Waals surface area contributed by atoms with E-state index >= 15 is 0 Å². The van der Waals surface area contributed by atoms with Crippen LogP contribution in [-0.4, -0.2) is 65.5 Å². The van der Waals surface area contributed by atoms with Gasteiger partial charge in [-0.1, -0.05) is 36.4 Å². The molecule has 0 spiro atoms. The van der Waals surface area contributed by atoms with Gasteiger partial charge in [0.1, 0.15) is 6.04 Å². The van der Waals surface area contributed by atoms with Crippen molar-refractivity contribution in [2.75, 3.05) is 13.6 Å². The van der Waals surface area contributed by atoms with E-state index in [4.69, 9.17) is 0 Å². The van der Waals surface area contributed by atoms with Crippen LogP contribution in [0.15, 0.2) is 43.0 Å². The lowest BCUT2D eigenvalue weighted by Gasteiger charge is -2.33. The predicted octanol–water partition coefficient (Wildman–Crippen LogP) is 1.62. The molecule has 1 heterocycles. The van der Waals surface area contributed by atoms with Crippen LogP contribution >= 0.6 is 0 Å². The van der Waals surface area contributed by atoms with Crippen LogP contribution in [0, 0.1) is 5.92 Å². The number of carbonyl (C=O) groups is 4. The zero-order valence-corrected chi connectivity index (χ0v) is 17.6. The molecule has 2 rings (SSSR count). The second-order valence-corrected chi connectivity index (χ2v) is 7.43. The molecule has 0 bridgehead atoms. The minimum absolute atomic E-state index is 0.0285. The second-order valence-electron chi connectivity index (χ2n) is 7.43. The normalized spacial score (nSPS) is 19.7. The van der Waals surface area contributed by atoms with E-state index in [1.807, 2.05) is 6.07 Å². The molecule has 0 radical (unpaired) electrons. The van der Waals surface area contributed by atoms with Crippen molar-refractivity contribution in [3.05, 3.63) is 48.6 Å². The number of halogens is 3. The molecule has 2 amide bonds. The summed E-state index contributed by atoms with van der Waals surface area (Å²) < 4.78 is 41.6. The highest BCUT2D eigenvalue weighted by Crippen LogP contribution is 2.28. The highest BCUT2D eigenvalue weighted by molar-refractivity contribution is 5.92. The van der Waals surface area contributed by atoms with Crippen LogP contribution < -0.4 is 5.32 Å². The highest BCUT2D eigenvalue weighted by Gasteiger charge is 2.48. The third kappa shape index (κ3) is 6.39. The van der Waals surface area contributed by atoms with Crippen molar-refractivity contribution < 1.29 is 37.1 Å². The van der Waals surface area contributed by atoms with Crippen molar-refractivity contribution in [3.63, 3.8) is 0 Å². The maximum atomic E-state index is 13.2. The Kier molecular flexibility index (Phi) is 8.14. The molecule has 1 aromatic rings. The number of nitrogens with zero attached hydrogens (tertiary/aromatic N) is 2. The monoisotopic (exact) mass is 455 g/mol. The van der Waals surface area contributed by atoms with Gasteiger partial charge in [-0.25, -0.2) is 9.59 Å². The molecule has 174 valence electrons. The number of rotatable bonds is 7. The fraction of sp³-hybridized carbons (Fsp3) is 0.429. The minimum atomic E-state index is -5.35. The molecule has 3 atom stereocenters. The zero-order chi connectivity index (χ0) is 24.1. The number of likely N-dealkylation sites (tertiary alicyclic amines) is 1. The fourth-order valence-electron chi connectivity index (χ4n) is 3.42. The third-order valence-electron chi connectivity index (χ3n) is 4.95. The highest BCUT2D eigenvalue weighted by atomic mass is 19.4. The number of hydrogen-bond donors (Lipinski definition) is 1. The van der Waals surface area contributed by atoms with Gasteiger partial charge in [-0.15, -0.1) is 6.58 Å². The van der Waals surface area contributed by atoms with Crippen LogP contribution in [0.3, 0.4) is 0 Å². The topological polar surface area (TPSA) is 96.0 Å². The number of amides is 2. The standard InChI is InChI=1S/C21H24F3N3O5/c1-4-14-10-16(19(30)32-20(31)21(22,23)24)27(12-14)17(25-13(2)28)18(29)26(3)11-15-8-6-5-7-9-15/h4-9,14,16-17H,1,10-12H2,2-3H3,(H,25,28). The number of hydrogen-bond acceptors (Lipinski definition) is 6. The Morgan fingerprint density at radius 2 is 1.91 bits per heavy atom. The van der Waals surface area contributed by atoms with Gasteiger partial charge < -0.3 is 15.0 Å². The molecule has 1 fully saturated rings. The maximum absolute atomic E-state index is 13.2. The average molecular weight is 455 g/mol.